The van der Waals surface area contributed by atoms with Crippen LogP contribution in [0.5, 0.6) is 0 Å². The number of hydrogen-bond donors (Lipinski definition) is 1. The van der Waals surface area contributed by atoms with Gasteiger partial charge in [-0.15, -0.1) is 0 Å². The van der Waals surface area contributed by atoms with Crippen molar-refractivity contribution in [1.82, 2.24) is 10.2 Å². The molecule has 1 unspecified atom stereocenters. The Hall–Kier alpha value is -2.09. The lowest BCUT2D eigenvalue weighted by Gasteiger charge is -2.18. The van der Waals surface area contributed by atoms with Crippen molar-refractivity contribution in [3.63, 3.8) is 0 Å². The van der Waals surface area contributed by atoms with Crippen LogP contribution in [-0.4, -0.2) is 42.4 Å². The molecule has 1 amide bonds. The van der Waals surface area contributed by atoms with Gasteiger partial charge in [-0.3, -0.25) is 14.9 Å². The van der Waals surface area contributed by atoms with E-state index in [2.05, 4.69) is 5.32 Å². The molecular weight excluding hydrogens is 272 g/mol. The molecule has 1 aromatic rings. The summed E-state index contributed by atoms with van der Waals surface area (Å²) in [5, 5.41) is 12.9. The highest BCUT2D eigenvalue weighted by Gasteiger charge is 2.22. The van der Waals surface area contributed by atoms with Crippen molar-refractivity contribution in [2.75, 3.05) is 20.6 Å². The van der Waals surface area contributed by atoms with Gasteiger partial charge in [0, 0.05) is 12.6 Å². The maximum Gasteiger partial charge on any atom is 0.307 e. The fraction of sp³-hybridized carbons (Fsp3) is 0.417. The van der Waals surface area contributed by atoms with Crippen molar-refractivity contribution in [2.45, 2.75) is 13.0 Å². The van der Waals surface area contributed by atoms with Gasteiger partial charge in [0.25, 0.3) is 5.91 Å². The first-order valence-electron chi connectivity index (χ1n) is 5.81. The molecule has 0 heterocycles. The zero-order valence-corrected chi connectivity index (χ0v) is 11.3. The SMILES string of the molecule is CC(CN(C)C)NC(=O)c1cc(F)c([N+](=O)[O-])cc1F. The lowest BCUT2D eigenvalue weighted by atomic mass is 10.1. The maximum atomic E-state index is 13.6. The second-order valence-electron chi connectivity index (χ2n) is 4.68. The number of nitrogens with zero attached hydrogens (tertiary/aromatic N) is 2. The average molecular weight is 287 g/mol. The molecule has 0 aliphatic heterocycles. The molecule has 0 bridgehead atoms. The topological polar surface area (TPSA) is 75.5 Å². The summed E-state index contributed by atoms with van der Waals surface area (Å²) in [6, 6.07) is 0.654. The smallest absolute Gasteiger partial charge is 0.307 e. The van der Waals surface area contributed by atoms with Gasteiger partial charge in [-0.1, -0.05) is 0 Å². The van der Waals surface area contributed by atoms with Gasteiger partial charge in [0.05, 0.1) is 16.6 Å². The van der Waals surface area contributed by atoms with Gasteiger partial charge in [-0.2, -0.15) is 4.39 Å². The minimum absolute atomic E-state index is 0.282. The first-order chi connectivity index (χ1) is 9.22. The third-order valence-electron chi connectivity index (χ3n) is 2.49. The maximum absolute atomic E-state index is 13.6. The molecule has 0 saturated heterocycles. The summed E-state index contributed by atoms with van der Waals surface area (Å²) in [6.45, 7) is 2.22. The molecule has 0 fully saturated rings. The van der Waals surface area contributed by atoms with E-state index in [-0.39, 0.29) is 6.04 Å². The number of rotatable bonds is 5. The van der Waals surface area contributed by atoms with Crippen molar-refractivity contribution < 1.29 is 18.5 Å². The highest BCUT2D eigenvalue weighted by Crippen LogP contribution is 2.21. The van der Waals surface area contributed by atoms with E-state index in [0.29, 0.717) is 18.7 Å². The van der Waals surface area contributed by atoms with Gasteiger partial charge in [-0.25, -0.2) is 4.39 Å². The minimum Gasteiger partial charge on any atom is -0.348 e. The van der Waals surface area contributed by atoms with Crippen LogP contribution >= 0.6 is 0 Å². The van der Waals surface area contributed by atoms with E-state index in [1.54, 1.807) is 21.0 Å². The molecule has 0 aliphatic rings. The normalized spacial score (nSPS) is 12.3. The average Bonchev–Trinajstić information content (AvgIpc) is 2.29. The van der Waals surface area contributed by atoms with E-state index < -0.39 is 33.7 Å². The number of likely N-dealkylation sites (N-methyl/N-ethyl adjacent to an activating group) is 1. The Morgan fingerprint density at radius 2 is 2.00 bits per heavy atom. The lowest BCUT2D eigenvalue weighted by molar-refractivity contribution is -0.387. The molecule has 20 heavy (non-hydrogen) atoms. The van der Waals surface area contributed by atoms with Crippen LogP contribution in [0.25, 0.3) is 0 Å². The standard InChI is InChI=1S/C12H15F2N3O3/c1-7(6-16(2)3)15-12(18)8-4-10(14)11(17(19)20)5-9(8)13/h4-5,7H,6H2,1-3H3,(H,15,18). The van der Waals surface area contributed by atoms with Gasteiger partial charge in [-0.05, 0) is 27.1 Å². The number of benzene rings is 1. The van der Waals surface area contributed by atoms with Crippen LogP contribution in [0.1, 0.15) is 17.3 Å². The van der Waals surface area contributed by atoms with Crippen LogP contribution in [0.15, 0.2) is 12.1 Å². The zero-order chi connectivity index (χ0) is 15.4. The van der Waals surface area contributed by atoms with Crippen LogP contribution in [0.2, 0.25) is 0 Å². The number of carbonyl (C=O) groups excluding carboxylic acids is 1. The molecule has 1 atom stereocenters. The summed E-state index contributed by atoms with van der Waals surface area (Å²) in [5.74, 6) is -3.19. The molecule has 0 aromatic heterocycles. The first kappa shape index (κ1) is 16.0. The monoisotopic (exact) mass is 287 g/mol. The van der Waals surface area contributed by atoms with Gasteiger partial charge in [0.15, 0.2) is 0 Å². The summed E-state index contributed by atoms with van der Waals surface area (Å²) in [5.41, 5.74) is -1.56. The molecule has 0 saturated carbocycles. The molecule has 1 rings (SSSR count). The second kappa shape index (κ2) is 6.38. The van der Waals surface area contributed by atoms with Gasteiger partial charge in [0.2, 0.25) is 5.82 Å². The highest BCUT2D eigenvalue weighted by molar-refractivity contribution is 5.94. The number of nitrogens with one attached hydrogen (secondary N) is 1. The van der Waals surface area contributed by atoms with E-state index in [9.17, 15) is 23.7 Å². The molecule has 0 radical (unpaired) electrons. The quantitative estimate of drug-likeness (QED) is 0.658. The zero-order valence-electron chi connectivity index (χ0n) is 11.3. The van der Waals surface area contributed by atoms with Crippen molar-refractivity contribution >= 4 is 11.6 Å². The van der Waals surface area contributed by atoms with Crippen molar-refractivity contribution in [1.29, 1.82) is 0 Å². The van der Waals surface area contributed by atoms with Crippen LogP contribution < -0.4 is 5.32 Å². The molecule has 8 heteroatoms. The summed E-state index contributed by atoms with van der Waals surface area (Å²) >= 11 is 0. The fourth-order valence-electron chi connectivity index (χ4n) is 1.75. The van der Waals surface area contributed by atoms with E-state index in [1.807, 2.05) is 4.90 Å². The number of nitro groups is 1. The van der Waals surface area contributed by atoms with E-state index in [1.165, 1.54) is 0 Å². The third-order valence-corrected chi connectivity index (χ3v) is 2.49. The molecule has 1 N–H and O–H groups in total. The predicted octanol–water partition coefficient (Wildman–Crippen LogP) is 1.55. The van der Waals surface area contributed by atoms with Crippen molar-refractivity contribution in [3.05, 3.63) is 39.4 Å². The number of carbonyl (C=O) groups is 1. The summed E-state index contributed by atoms with van der Waals surface area (Å²) in [6.07, 6.45) is 0. The number of amides is 1. The second-order valence-corrected chi connectivity index (χ2v) is 4.68. The minimum atomic E-state index is -1.25. The molecule has 1 aromatic carbocycles. The van der Waals surface area contributed by atoms with Crippen LogP contribution in [0.3, 0.4) is 0 Å². The van der Waals surface area contributed by atoms with Crippen molar-refractivity contribution in [3.8, 4) is 0 Å². The molecule has 110 valence electrons. The summed E-state index contributed by atoms with van der Waals surface area (Å²) < 4.78 is 27.0. The summed E-state index contributed by atoms with van der Waals surface area (Å²) in [7, 11) is 3.60. The first-order valence-corrected chi connectivity index (χ1v) is 5.81. The predicted molar refractivity (Wildman–Crippen MR) is 68.5 cm³/mol. The number of hydrogen-bond acceptors (Lipinski definition) is 4. The van der Waals surface area contributed by atoms with Crippen LogP contribution in [0.4, 0.5) is 14.5 Å². The molecule has 6 nitrogen and oxygen atoms in total. The largest absolute Gasteiger partial charge is 0.348 e. The third kappa shape index (κ3) is 3.95. The van der Waals surface area contributed by atoms with Gasteiger partial charge < -0.3 is 10.2 Å². The van der Waals surface area contributed by atoms with E-state index in [4.69, 9.17) is 0 Å². The van der Waals surface area contributed by atoms with Gasteiger partial charge in [0.1, 0.15) is 5.82 Å². The summed E-state index contributed by atoms with van der Waals surface area (Å²) in [4.78, 5) is 23.0. The van der Waals surface area contributed by atoms with Gasteiger partial charge >= 0.3 is 5.69 Å². The Labute approximate surface area is 114 Å². The van der Waals surface area contributed by atoms with Crippen LogP contribution in [0, 0.1) is 21.7 Å². The Bertz CT molecular complexity index is 535. The van der Waals surface area contributed by atoms with Crippen molar-refractivity contribution in [2.24, 2.45) is 0 Å². The Kier molecular flexibility index (Phi) is 5.09. The molecule has 0 spiro atoms. The Morgan fingerprint density at radius 1 is 1.40 bits per heavy atom. The lowest BCUT2D eigenvalue weighted by Crippen LogP contribution is -2.39. The van der Waals surface area contributed by atoms with Crippen LogP contribution in [-0.2, 0) is 0 Å². The molecular formula is C12H15F2N3O3. The number of halogens is 2. The van der Waals surface area contributed by atoms with E-state index in [0.717, 1.165) is 0 Å². The van der Waals surface area contributed by atoms with E-state index >= 15 is 0 Å². The Morgan fingerprint density at radius 3 is 2.50 bits per heavy atom. The fourth-order valence-corrected chi connectivity index (χ4v) is 1.75. The molecule has 0 aliphatic carbocycles. The number of nitro benzene ring substituents is 1. The highest BCUT2D eigenvalue weighted by atomic mass is 19.1. The Balaban J connectivity index is 2.94.